The van der Waals surface area contributed by atoms with E-state index in [1.807, 2.05) is 0 Å². The van der Waals surface area contributed by atoms with E-state index in [-0.39, 0.29) is 18.1 Å². The number of sulfonamides is 1. The number of ether oxygens (including phenoxy) is 1. The van der Waals surface area contributed by atoms with E-state index in [9.17, 15) is 13.2 Å². The number of carbonyl (C=O) groups is 1. The van der Waals surface area contributed by atoms with Gasteiger partial charge in [-0.15, -0.1) is 0 Å². The molecule has 1 heterocycles. The predicted octanol–water partition coefficient (Wildman–Crippen LogP) is -1.89. The Balaban J connectivity index is 1.98. The van der Waals surface area contributed by atoms with E-state index < -0.39 is 27.8 Å². The predicted molar refractivity (Wildman–Crippen MR) is 54.2 cm³/mol. The summed E-state index contributed by atoms with van der Waals surface area (Å²) in [6, 6.07) is -0.770. The Bertz CT molecular complexity index is 395. The molecule has 0 amide bonds. The van der Waals surface area contributed by atoms with Crippen molar-refractivity contribution in [3.8, 4) is 0 Å². The maximum atomic E-state index is 11.4. The van der Waals surface area contributed by atoms with E-state index in [1.165, 1.54) is 0 Å². The van der Waals surface area contributed by atoms with Gasteiger partial charge in [0.2, 0.25) is 10.0 Å². The van der Waals surface area contributed by atoms with Crippen LogP contribution in [0.5, 0.6) is 0 Å². The number of nitrogens with two attached hydrogens (primary N) is 1. The van der Waals surface area contributed by atoms with Crippen LogP contribution in [0, 0.1) is 5.92 Å². The smallest absolute Gasteiger partial charge is 0.320 e. The summed E-state index contributed by atoms with van der Waals surface area (Å²) < 4.78 is 30.4. The summed E-state index contributed by atoms with van der Waals surface area (Å²) in [5, 5.41) is 8.42. The highest BCUT2D eigenvalue weighted by Gasteiger charge is 2.53. The van der Waals surface area contributed by atoms with E-state index in [0.29, 0.717) is 6.61 Å². The number of hydrogen-bond donors (Lipinski definition) is 3. The molecule has 0 aromatic heterocycles. The third-order valence-electron chi connectivity index (χ3n) is 3.08. The zero-order valence-electron chi connectivity index (χ0n) is 8.50. The molecule has 0 aromatic carbocycles. The van der Waals surface area contributed by atoms with E-state index in [0.717, 1.165) is 6.42 Å². The van der Waals surface area contributed by atoms with Crippen molar-refractivity contribution in [2.75, 3.05) is 12.4 Å². The number of aliphatic carboxylic acids is 1. The van der Waals surface area contributed by atoms with E-state index in [2.05, 4.69) is 4.72 Å². The zero-order valence-corrected chi connectivity index (χ0v) is 9.31. The molecule has 4 atom stereocenters. The summed E-state index contributed by atoms with van der Waals surface area (Å²) >= 11 is 0. The van der Waals surface area contributed by atoms with Crippen molar-refractivity contribution in [2.24, 2.45) is 11.7 Å². The second-order valence-corrected chi connectivity index (χ2v) is 5.92. The largest absolute Gasteiger partial charge is 0.480 e. The van der Waals surface area contributed by atoms with Crippen LogP contribution in [0.3, 0.4) is 0 Å². The monoisotopic (exact) mass is 250 g/mol. The first-order valence-corrected chi connectivity index (χ1v) is 6.65. The quantitative estimate of drug-likeness (QED) is 0.536. The third-order valence-corrected chi connectivity index (χ3v) is 4.33. The third kappa shape index (κ3) is 2.05. The van der Waals surface area contributed by atoms with Gasteiger partial charge in [-0.2, -0.15) is 0 Å². The molecule has 92 valence electrons. The standard InChI is InChI=1S/C8H14N2O5S/c9-6-4-1-2-15-8(4)7(6)10-16(13,14)3-5(11)12/h4,6-8,10H,1-3,9H2,(H,11,12). The summed E-state index contributed by atoms with van der Waals surface area (Å²) in [5.41, 5.74) is 5.79. The highest BCUT2D eigenvalue weighted by Crippen LogP contribution is 2.37. The van der Waals surface area contributed by atoms with Gasteiger partial charge in [0.25, 0.3) is 0 Å². The molecular weight excluding hydrogens is 236 g/mol. The van der Waals surface area contributed by atoms with Crippen molar-refractivity contribution in [1.29, 1.82) is 0 Å². The lowest BCUT2D eigenvalue weighted by molar-refractivity contribution is -0.134. The zero-order chi connectivity index (χ0) is 11.9. The number of carboxylic acid groups (broad SMARTS) is 1. The van der Waals surface area contributed by atoms with Crippen LogP contribution in [0.4, 0.5) is 0 Å². The average molecular weight is 250 g/mol. The molecule has 2 fully saturated rings. The Hall–Kier alpha value is -0.700. The van der Waals surface area contributed by atoms with Crippen LogP contribution in [-0.2, 0) is 19.6 Å². The van der Waals surface area contributed by atoms with Gasteiger partial charge in [0.05, 0.1) is 12.1 Å². The fourth-order valence-electron chi connectivity index (χ4n) is 2.31. The van der Waals surface area contributed by atoms with Gasteiger partial charge >= 0.3 is 5.97 Å². The number of rotatable bonds is 4. The first-order chi connectivity index (χ1) is 7.41. The molecule has 2 rings (SSSR count). The fraction of sp³-hybridized carbons (Fsp3) is 0.875. The SMILES string of the molecule is NC1C2CCOC2C1NS(=O)(=O)CC(=O)O. The van der Waals surface area contributed by atoms with Gasteiger partial charge in [-0.25, -0.2) is 13.1 Å². The Morgan fingerprint density at radius 2 is 2.25 bits per heavy atom. The van der Waals surface area contributed by atoms with Gasteiger partial charge < -0.3 is 15.6 Å². The Morgan fingerprint density at radius 1 is 1.56 bits per heavy atom. The number of hydrogen-bond acceptors (Lipinski definition) is 5. The lowest BCUT2D eigenvalue weighted by Gasteiger charge is -2.45. The molecule has 0 radical (unpaired) electrons. The molecular formula is C8H14N2O5S. The molecule has 0 bridgehead atoms. The minimum absolute atomic E-state index is 0.192. The summed E-state index contributed by atoms with van der Waals surface area (Å²) in [7, 11) is -3.82. The van der Waals surface area contributed by atoms with Gasteiger partial charge in [0, 0.05) is 18.6 Å². The van der Waals surface area contributed by atoms with E-state index in [4.69, 9.17) is 15.6 Å². The maximum Gasteiger partial charge on any atom is 0.320 e. The van der Waals surface area contributed by atoms with Crippen molar-refractivity contribution < 1.29 is 23.1 Å². The highest BCUT2D eigenvalue weighted by atomic mass is 32.2. The minimum atomic E-state index is -3.82. The van der Waals surface area contributed by atoms with Crippen molar-refractivity contribution in [2.45, 2.75) is 24.6 Å². The van der Waals surface area contributed by atoms with Crippen LogP contribution in [-0.4, -0.2) is 50.0 Å². The summed E-state index contributed by atoms with van der Waals surface area (Å²) in [4.78, 5) is 10.3. The molecule has 1 saturated carbocycles. The molecule has 4 N–H and O–H groups in total. The summed E-state index contributed by atoms with van der Waals surface area (Å²) in [6.45, 7) is 0.584. The topological polar surface area (TPSA) is 119 Å². The molecule has 1 aliphatic heterocycles. The first kappa shape index (κ1) is 11.8. The van der Waals surface area contributed by atoms with Crippen molar-refractivity contribution in [3.05, 3.63) is 0 Å². The lowest BCUT2D eigenvalue weighted by Crippen LogP contribution is -2.69. The van der Waals surface area contributed by atoms with Gasteiger partial charge in [0.1, 0.15) is 0 Å². The second-order valence-electron chi connectivity index (χ2n) is 4.16. The van der Waals surface area contributed by atoms with E-state index in [1.54, 1.807) is 0 Å². The maximum absolute atomic E-state index is 11.4. The average Bonchev–Trinajstić information content (AvgIpc) is 2.56. The molecule has 16 heavy (non-hydrogen) atoms. The molecule has 0 spiro atoms. The van der Waals surface area contributed by atoms with E-state index >= 15 is 0 Å². The van der Waals surface area contributed by atoms with Gasteiger partial charge in [-0.3, -0.25) is 4.79 Å². The molecule has 8 heteroatoms. The molecule has 1 aliphatic carbocycles. The van der Waals surface area contributed by atoms with Crippen LogP contribution in [0.25, 0.3) is 0 Å². The number of carboxylic acids is 1. The summed E-state index contributed by atoms with van der Waals surface area (Å²) in [6.07, 6.45) is 0.641. The molecule has 1 saturated heterocycles. The van der Waals surface area contributed by atoms with Crippen LogP contribution >= 0.6 is 0 Å². The van der Waals surface area contributed by atoms with Crippen molar-refractivity contribution in [1.82, 2.24) is 4.72 Å². The van der Waals surface area contributed by atoms with Gasteiger partial charge in [-0.05, 0) is 6.42 Å². The van der Waals surface area contributed by atoms with Crippen LogP contribution < -0.4 is 10.5 Å². The minimum Gasteiger partial charge on any atom is -0.480 e. The normalized spacial score (nSPS) is 37.8. The molecule has 2 aliphatic rings. The van der Waals surface area contributed by atoms with Gasteiger partial charge in [-0.1, -0.05) is 0 Å². The molecule has 0 aromatic rings. The Kier molecular flexibility index (Phi) is 2.91. The second kappa shape index (κ2) is 3.95. The lowest BCUT2D eigenvalue weighted by atomic mass is 9.73. The van der Waals surface area contributed by atoms with Crippen LogP contribution in [0.2, 0.25) is 0 Å². The van der Waals surface area contributed by atoms with Gasteiger partial charge in [0.15, 0.2) is 5.75 Å². The molecule has 7 nitrogen and oxygen atoms in total. The van der Waals surface area contributed by atoms with Crippen molar-refractivity contribution in [3.63, 3.8) is 0 Å². The Morgan fingerprint density at radius 3 is 2.88 bits per heavy atom. The van der Waals surface area contributed by atoms with Crippen molar-refractivity contribution >= 4 is 16.0 Å². The highest BCUT2D eigenvalue weighted by molar-refractivity contribution is 7.90. The Labute approximate surface area is 93.0 Å². The summed E-state index contributed by atoms with van der Waals surface area (Å²) in [5.74, 6) is -2.13. The fourth-order valence-corrected chi connectivity index (χ4v) is 3.42. The molecule has 4 unspecified atom stereocenters. The number of nitrogens with one attached hydrogen (secondary N) is 1. The first-order valence-electron chi connectivity index (χ1n) is 5.00. The van der Waals surface area contributed by atoms with Crippen LogP contribution in [0.15, 0.2) is 0 Å². The van der Waals surface area contributed by atoms with Crippen LogP contribution in [0.1, 0.15) is 6.42 Å². The number of fused-ring (bicyclic) bond motifs is 1.